The number of rotatable bonds is 3. The van der Waals surface area contributed by atoms with Crippen molar-refractivity contribution < 1.29 is 4.74 Å². The van der Waals surface area contributed by atoms with Gasteiger partial charge in [0.15, 0.2) is 0 Å². The molecule has 0 unspecified atom stereocenters. The molecule has 4 nitrogen and oxygen atoms in total. The Morgan fingerprint density at radius 3 is 2.31 bits per heavy atom. The molecule has 1 heterocycles. The molecule has 4 heteroatoms. The topological polar surface area (TPSA) is 44.1 Å². The van der Waals surface area contributed by atoms with Crippen LogP contribution in [0.25, 0.3) is 28.0 Å². The Morgan fingerprint density at radius 1 is 0.885 bits per heavy atom. The summed E-state index contributed by atoms with van der Waals surface area (Å²) in [6, 6.07) is 22.9. The molecule has 4 rings (SSSR count). The van der Waals surface area contributed by atoms with Crippen molar-refractivity contribution >= 4 is 10.9 Å². The molecule has 26 heavy (non-hydrogen) atoms. The highest BCUT2D eigenvalue weighted by molar-refractivity contribution is 5.80. The van der Waals surface area contributed by atoms with Gasteiger partial charge in [-0.05, 0) is 55.0 Å². The van der Waals surface area contributed by atoms with Gasteiger partial charge in [-0.2, -0.15) is 0 Å². The first-order valence-corrected chi connectivity index (χ1v) is 8.41. The Kier molecular flexibility index (Phi) is 4.01. The predicted octanol–water partition coefficient (Wildman–Crippen LogP) is 4.37. The van der Waals surface area contributed by atoms with Crippen LogP contribution in [-0.4, -0.2) is 16.7 Å². The van der Waals surface area contributed by atoms with Gasteiger partial charge in [0, 0.05) is 5.56 Å². The highest BCUT2D eigenvalue weighted by atomic mass is 16.5. The molecule has 0 fully saturated rings. The second kappa shape index (κ2) is 6.48. The third-order valence-corrected chi connectivity index (χ3v) is 4.48. The standard InChI is InChI=1S/C22H18N2O2/c1-15-7-3-6-10-20(15)24-21(16-11-13-17(26-2)14-12-16)23-19-9-5-4-8-18(19)22(24)25/h3-14H,1-2H3. The molecule has 0 aliphatic carbocycles. The zero-order chi connectivity index (χ0) is 18.1. The van der Waals surface area contributed by atoms with Crippen LogP contribution in [0.5, 0.6) is 5.75 Å². The van der Waals surface area contributed by atoms with Crippen LogP contribution < -0.4 is 10.3 Å². The first-order chi connectivity index (χ1) is 12.7. The lowest BCUT2D eigenvalue weighted by Crippen LogP contribution is -2.22. The lowest BCUT2D eigenvalue weighted by atomic mass is 10.1. The third kappa shape index (κ3) is 2.65. The molecule has 0 atom stereocenters. The molecule has 0 spiro atoms. The molecule has 0 N–H and O–H groups in total. The average molecular weight is 342 g/mol. The van der Waals surface area contributed by atoms with E-state index < -0.39 is 0 Å². The van der Waals surface area contributed by atoms with Crippen molar-refractivity contribution in [2.24, 2.45) is 0 Å². The maximum Gasteiger partial charge on any atom is 0.266 e. The van der Waals surface area contributed by atoms with E-state index in [0.29, 0.717) is 16.7 Å². The predicted molar refractivity (Wildman–Crippen MR) is 104 cm³/mol. The maximum atomic E-state index is 13.3. The third-order valence-electron chi connectivity index (χ3n) is 4.48. The molecule has 128 valence electrons. The fourth-order valence-electron chi connectivity index (χ4n) is 3.10. The Labute approximate surface area is 151 Å². The number of hydrogen-bond acceptors (Lipinski definition) is 3. The molecule has 0 aliphatic heterocycles. The van der Waals surface area contributed by atoms with Crippen molar-refractivity contribution in [1.82, 2.24) is 9.55 Å². The summed E-state index contributed by atoms with van der Waals surface area (Å²) in [5.41, 5.74) is 3.32. The van der Waals surface area contributed by atoms with Crippen molar-refractivity contribution in [3.63, 3.8) is 0 Å². The number of ether oxygens (including phenoxy) is 1. The molecular formula is C22H18N2O2. The molecule has 4 aromatic rings. The van der Waals surface area contributed by atoms with Crippen molar-refractivity contribution in [2.75, 3.05) is 7.11 Å². The molecule has 1 aromatic heterocycles. The number of fused-ring (bicyclic) bond motifs is 1. The fourth-order valence-corrected chi connectivity index (χ4v) is 3.10. The number of methoxy groups -OCH3 is 1. The van der Waals surface area contributed by atoms with Crippen LogP contribution in [-0.2, 0) is 0 Å². The van der Waals surface area contributed by atoms with Gasteiger partial charge in [0.25, 0.3) is 5.56 Å². The maximum absolute atomic E-state index is 13.3. The van der Waals surface area contributed by atoms with E-state index in [1.54, 1.807) is 11.7 Å². The molecule has 0 saturated heterocycles. The highest BCUT2D eigenvalue weighted by Crippen LogP contribution is 2.25. The number of benzene rings is 3. The summed E-state index contributed by atoms with van der Waals surface area (Å²) in [4.78, 5) is 18.1. The smallest absolute Gasteiger partial charge is 0.266 e. The van der Waals surface area contributed by atoms with Crippen molar-refractivity contribution in [3.8, 4) is 22.8 Å². The number of aromatic nitrogens is 2. The van der Waals surface area contributed by atoms with Gasteiger partial charge in [0.05, 0.1) is 23.7 Å². The summed E-state index contributed by atoms with van der Waals surface area (Å²) >= 11 is 0. The van der Waals surface area contributed by atoms with Crippen LogP contribution in [0, 0.1) is 6.92 Å². The van der Waals surface area contributed by atoms with Gasteiger partial charge in [0.2, 0.25) is 0 Å². The molecule has 0 saturated carbocycles. The quantitative estimate of drug-likeness (QED) is 0.555. The minimum atomic E-state index is -0.0734. The average Bonchev–Trinajstić information content (AvgIpc) is 2.69. The van der Waals surface area contributed by atoms with E-state index in [1.165, 1.54) is 0 Å². The number of nitrogens with zero attached hydrogens (tertiary/aromatic N) is 2. The molecule has 3 aromatic carbocycles. The second-order valence-electron chi connectivity index (χ2n) is 6.11. The van der Waals surface area contributed by atoms with Crippen LogP contribution in [0.1, 0.15) is 5.56 Å². The second-order valence-corrected chi connectivity index (χ2v) is 6.11. The zero-order valence-corrected chi connectivity index (χ0v) is 14.6. The van der Waals surface area contributed by atoms with Gasteiger partial charge in [0.1, 0.15) is 11.6 Å². The van der Waals surface area contributed by atoms with Gasteiger partial charge in [-0.1, -0.05) is 30.3 Å². The minimum absolute atomic E-state index is 0.0734. The highest BCUT2D eigenvalue weighted by Gasteiger charge is 2.15. The van der Waals surface area contributed by atoms with E-state index >= 15 is 0 Å². The van der Waals surface area contributed by atoms with E-state index in [1.807, 2.05) is 79.7 Å². The molecule has 0 amide bonds. The monoisotopic (exact) mass is 342 g/mol. The first kappa shape index (κ1) is 16.1. The summed E-state index contributed by atoms with van der Waals surface area (Å²) < 4.78 is 6.94. The summed E-state index contributed by atoms with van der Waals surface area (Å²) in [5.74, 6) is 1.38. The van der Waals surface area contributed by atoms with E-state index in [0.717, 1.165) is 22.6 Å². The van der Waals surface area contributed by atoms with E-state index in [4.69, 9.17) is 9.72 Å². The van der Waals surface area contributed by atoms with Gasteiger partial charge in [-0.15, -0.1) is 0 Å². The SMILES string of the molecule is COc1ccc(-c2nc3ccccc3c(=O)n2-c2ccccc2C)cc1. The summed E-state index contributed by atoms with van der Waals surface area (Å²) in [6.45, 7) is 1.99. The van der Waals surface area contributed by atoms with E-state index in [2.05, 4.69) is 0 Å². The molecular weight excluding hydrogens is 324 g/mol. The van der Waals surface area contributed by atoms with Crippen molar-refractivity contribution in [1.29, 1.82) is 0 Å². The summed E-state index contributed by atoms with van der Waals surface area (Å²) in [7, 11) is 1.63. The molecule has 0 aliphatic rings. The zero-order valence-electron chi connectivity index (χ0n) is 14.6. The normalized spacial score (nSPS) is 10.8. The van der Waals surface area contributed by atoms with Gasteiger partial charge < -0.3 is 4.74 Å². The lowest BCUT2D eigenvalue weighted by Gasteiger charge is -2.16. The lowest BCUT2D eigenvalue weighted by molar-refractivity contribution is 0.415. The van der Waals surface area contributed by atoms with Crippen molar-refractivity contribution in [2.45, 2.75) is 6.92 Å². The molecule has 0 radical (unpaired) electrons. The Bertz CT molecular complexity index is 1140. The molecule has 0 bridgehead atoms. The Balaban J connectivity index is 2.08. The number of hydrogen-bond donors (Lipinski definition) is 0. The van der Waals surface area contributed by atoms with Crippen LogP contribution >= 0.6 is 0 Å². The van der Waals surface area contributed by atoms with Crippen LogP contribution in [0.2, 0.25) is 0 Å². The largest absolute Gasteiger partial charge is 0.497 e. The number of aryl methyl sites for hydroxylation is 1. The van der Waals surface area contributed by atoms with Crippen LogP contribution in [0.15, 0.2) is 77.6 Å². The Hall–Kier alpha value is -3.40. The van der Waals surface area contributed by atoms with Crippen LogP contribution in [0.3, 0.4) is 0 Å². The first-order valence-electron chi connectivity index (χ1n) is 8.41. The number of para-hydroxylation sites is 2. The Morgan fingerprint density at radius 2 is 1.58 bits per heavy atom. The summed E-state index contributed by atoms with van der Waals surface area (Å²) in [5, 5.41) is 0.605. The fraction of sp³-hybridized carbons (Fsp3) is 0.0909. The van der Waals surface area contributed by atoms with Gasteiger partial charge in [-0.25, -0.2) is 4.98 Å². The van der Waals surface area contributed by atoms with Gasteiger partial charge in [-0.3, -0.25) is 9.36 Å². The minimum Gasteiger partial charge on any atom is -0.497 e. The van der Waals surface area contributed by atoms with Crippen molar-refractivity contribution in [3.05, 3.63) is 88.7 Å². The van der Waals surface area contributed by atoms with Gasteiger partial charge >= 0.3 is 0 Å². The summed E-state index contributed by atoms with van der Waals surface area (Å²) in [6.07, 6.45) is 0. The van der Waals surface area contributed by atoms with E-state index in [9.17, 15) is 4.79 Å². The van der Waals surface area contributed by atoms with Crippen LogP contribution in [0.4, 0.5) is 0 Å². The van der Waals surface area contributed by atoms with E-state index in [-0.39, 0.29) is 5.56 Å².